The van der Waals surface area contributed by atoms with E-state index in [4.69, 9.17) is 10.5 Å². The van der Waals surface area contributed by atoms with Crippen LogP contribution in [0.4, 0.5) is 13.2 Å². The molecule has 1 rings (SSSR count). The van der Waals surface area contributed by atoms with Gasteiger partial charge in [0.1, 0.15) is 6.61 Å². The molecule has 2 N–H and O–H groups in total. The summed E-state index contributed by atoms with van der Waals surface area (Å²) < 4.78 is 44.4. The molecule has 0 unspecified atom stereocenters. The Morgan fingerprint density at radius 2 is 2.23 bits per heavy atom. The highest BCUT2D eigenvalue weighted by Crippen LogP contribution is 2.31. The summed E-state index contributed by atoms with van der Waals surface area (Å²) in [5.74, 6) is -1.39. The van der Waals surface area contributed by atoms with Crippen molar-refractivity contribution >= 4 is 0 Å². The minimum absolute atomic E-state index is 0.101. The third kappa shape index (κ3) is 2.62. The predicted octanol–water partition coefficient (Wildman–Crippen LogP) is 1.03. The van der Waals surface area contributed by atoms with Gasteiger partial charge in [-0.3, -0.25) is 0 Å². The predicted molar refractivity (Wildman–Crippen MR) is 36.1 cm³/mol. The van der Waals surface area contributed by atoms with Gasteiger partial charge in [-0.15, -0.1) is 0 Å². The van der Waals surface area contributed by atoms with Gasteiger partial charge in [0, 0.05) is 6.54 Å². The molecular formula is C6H7F3N2O2. The molecule has 0 bridgehead atoms. The molecule has 1 heterocycles. The summed E-state index contributed by atoms with van der Waals surface area (Å²) in [5.41, 5.74) is 5.06. The van der Waals surface area contributed by atoms with E-state index in [-0.39, 0.29) is 19.0 Å². The molecule has 0 spiro atoms. The molecule has 1 aromatic rings. The lowest BCUT2D eigenvalue weighted by Crippen LogP contribution is -2.10. The third-order valence-electron chi connectivity index (χ3n) is 1.14. The normalized spacial score (nSPS) is 11.7. The first-order valence-electron chi connectivity index (χ1n) is 3.41. The lowest BCUT2D eigenvalue weighted by Gasteiger charge is -1.97. The average Bonchev–Trinajstić information content (AvgIpc) is 2.47. The number of nitrogens with two attached hydrogens (primary N) is 1. The first-order valence-corrected chi connectivity index (χ1v) is 3.41. The Bertz CT molecular complexity index is 271. The first-order chi connectivity index (χ1) is 6.04. The minimum atomic E-state index is -4.53. The van der Waals surface area contributed by atoms with Crippen LogP contribution in [-0.2, 0) is 6.18 Å². The number of hydrogen-bond acceptors (Lipinski definition) is 4. The first kappa shape index (κ1) is 9.85. The lowest BCUT2D eigenvalue weighted by atomic mass is 10.4. The number of halogens is 3. The van der Waals surface area contributed by atoms with Crippen LogP contribution in [0, 0.1) is 0 Å². The number of nitrogens with zero attached hydrogens (tertiary/aromatic N) is 1. The number of ether oxygens (including phenoxy) is 1. The van der Waals surface area contributed by atoms with Crippen LogP contribution in [-0.4, -0.2) is 18.3 Å². The molecule has 0 saturated carbocycles. The topological polar surface area (TPSA) is 61.3 Å². The Morgan fingerprint density at radius 3 is 2.69 bits per heavy atom. The third-order valence-corrected chi connectivity index (χ3v) is 1.14. The molecule has 0 radical (unpaired) electrons. The molecule has 0 amide bonds. The minimum Gasteiger partial charge on any atom is -0.474 e. The maximum absolute atomic E-state index is 11.9. The molecule has 0 saturated heterocycles. The fourth-order valence-electron chi connectivity index (χ4n) is 0.624. The average molecular weight is 196 g/mol. The maximum atomic E-state index is 11.9. The van der Waals surface area contributed by atoms with Gasteiger partial charge in [-0.2, -0.15) is 13.2 Å². The monoisotopic (exact) mass is 196 g/mol. The van der Waals surface area contributed by atoms with Gasteiger partial charge >= 0.3 is 6.18 Å². The summed E-state index contributed by atoms with van der Waals surface area (Å²) in [6, 6.07) is 0.676. The van der Waals surface area contributed by atoms with Crippen molar-refractivity contribution in [2.45, 2.75) is 6.18 Å². The highest BCUT2D eigenvalue weighted by molar-refractivity contribution is 5.13. The highest BCUT2D eigenvalue weighted by atomic mass is 19.4. The Kier molecular flexibility index (Phi) is 2.76. The van der Waals surface area contributed by atoms with E-state index in [2.05, 4.69) is 9.68 Å². The summed E-state index contributed by atoms with van der Waals surface area (Å²) in [5, 5.41) is 3.05. The van der Waals surface area contributed by atoms with Crippen molar-refractivity contribution in [2.24, 2.45) is 5.73 Å². The summed E-state index contributed by atoms with van der Waals surface area (Å²) >= 11 is 0. The summed E-state index contributed by atoms with van der Waals surface area (Å²) in [6.07, 6.45) is -4.53. The van der Waals surface area contributed by atoms with Crippen molar-refractivity contribution in [2.75, 3.05) is 13.2 Å². The van der Waals surface area contributed by atoms with Crippen LogP contribution in [0.15, 0.2) is 10.6 Å². The van der Waals surface area contributed by atoms with Crippen LogP contribution in [0.3, 0.4) is 0 Å². The Hall–Kier alpha value is -1.24. The zero-order chi connectivity index (χ0) is 9.90. The van der Waals surface area contributed by atoms with Crippen molar-refractivity contribution in [3.63, 3.8) is 0 Å². The molecule has 0 aromatic carbocycles. The second kappa shape index (κ2) is 3.65. The van der Waals surface area contributed by atoms with Crippen LogP contribution in [0.1, 0.15) is 5.76 Å². The molecule has 13 heavy (non-hydrogen) atoms. The summed E-state index contributed by atoms with van der Waals surface area (Å²) in [4.78, 5) is 0. The van der Waals surface area contributed by atoms with Gasteiger partial charge in [0.2, 0.25) is 5.76 Å². The van der Waals surface area contributed by atoms with Crippen LogP contribution in [0.5, 0.6) is 5.88 Å². The second-order valence-electron chi connectivity index (χ2n) is 2.16. The molecule has 0 aliphatic carbocycles. The van der Waals surface area contributed by atoms with Crippen LogP contribution < -0.4 is 10.5 Å². The number of rotatable bonds is 3. The van der Waals surface area contributed by atoms with Gasteiger partial charge in [0.15, 0.2) is 0 Å². The number of hydrogen-bond donors (Lipinski definition) is 1. The van der Waals surface area contributed by atoms with E-state index in [1.54, 1.807) is 0 Å². The number of aromatic nitrogens is 1. The summed E-state index contributed by atoms with van der Waals surface area (Å²) in [7, 11) is 0. The molecule has 0 fully saturated rings. The van der Waals surface area contributed by atoms with Crippen LogP contribution in [0.2, 0.25) is 0 Å². The molecular weight excluding hydrogens is 189 g/mol. The van der Waals surface area contributed by atoms with Crippen molar-refractivity contribution < 1.29 is 22.4 Å². The van der Waals surface area contributed by atoms with Gasteiger partial charge in [-0.1, -0.05) is 0 Å². The Labute approximate surface area is 71.4 Å². The van der Waals surface area contributed by atoms with E-state index in [9.17, 15) is 13.2 Å². The van der Waals surface area contributed by atoms with Crippen molar-refractivity contribution in [3.8, 4) is 5.88 Å². The fourth-order valence-corrected chi connectivity index (χ4v) is 0.624. The lowest BCUT2D eigenvalue weighted by molar-refractivity contribution is -0.155. The van der Waals surface area contributed by atoms with E-state index < -0.39 is 11.9 Å². The Balaban J connectivity index is 2.64. The standard InChI is InChI=1S/C6H7F3N2O2/c7-6(8,9)4-3-5(11-13-4)12-2-1-10/h3H,1-2,10H2. The summed E-state index contributed by atoms with van der Waals surface area (Å²) in [6.45, 7) is 0.304. The zero-order valence-electron chi connectivity index (χ0n) is 6.47. The van der Waals surface area contributed by atoms with E-state index in [0.29, 0.717) is 6.07 Å². The van der Waals surface area contributed by atoms with E-state index in [0.717, 1.165) is 0 Å². The SMILES string of the molecule is NCCOc1cc(C(F)(F)F)on1. The maximum Gasteiger partial charge on any atom is 0.452 e. The smallest absolute Gasteiger partial charge is 0.452 e. The molecule has 0 aliphatic rings. The van der Waals surface area contributed by atoms with Crippen molar-refractivity contribution in [3.05, 3.63) is 11.8 Å². The van der Waals surface area contributed by atoms with Gasteiger partial charge in [0.05, 0.1) is 6.07 Å². The molecule has 74 valence electrons. The highest BCUT2D eigenvalue weighted by Gasteiger charge is 2.36. The molecule has 7 heteroatoms. The van der Waals surface area contributed by atoms with Gasteiger partial charge in [0.25, 0.3) is 5.88 Å². The largest absolute Gasteiger partial charge is 0.474 e. The second-order valence-corrected chi connectivity index (χ2v) is 2.16. The number of alkyl halides is 3. The van der Waals surface area contributed by atoms with Crippen molar-refractivity contribution in [1.82, 2.24) is 5.16 Å². The molecule has 4 nitrogen and oxygen atoms in total. The van der Waals surface area contributed by atoms with Gasteiger partial charge in [-0.05, 0) is 5.16 Å². The molecule has 0 aliphatic heterocycles. The Morgan fingerprint density at radius 1 is 1.54 bits per heavy atom. The van der Waals surface area contributed by atoms with Crippen molar-refractivity contribution in [1.29, 1.82) is 0 Å². The van der Waals surface area contributed by atoms with E-state index in [1.807, 2.05) is 0 Å². The van der Waals surface area contributed by atoms with Crippen LogP contribution in [0.25, 0.3) is 0 Å². The van der Waals surface area contributed by atoms with Gasteiger partial charge < -0.3 is 15.0 Å². The fraction of sp³-hybridized carbons (Fsp3) is 0.500. The van der Waals surface area contributed by atoms with E-state index >= 15 is 0 Å². The van der Waals surface area contributed by atoms with Gasteiger partial charge in [-0.25, -0.2) is 0 Å². The zero-order valence-corrected chi connectivity index (χ0v) is 6.47. The molecule has 1 aromatic heterocycles. The quantitative estimate of drug-likeness (QED) is 0.784. The molecule has 0 atom stereocenters. The van der Waals surface area contributed by atoms with E-state index in [1.165, 1.54) is 0 Å². The van der Waals surface area contributed by atoms with Crippen LogP contribution >= 0.6 is 0 Å².